The van der Waals surface area contributed by atoms with Crippen molar-refractivity contribution in [2.24, 2.45) is 5.92 Å². The monoisotopic (exact) mass is 369 g/mol. The van der Waals surface area contributed by atoms with E-state index < -0.39 is 5.92 Å². The number of carbonyl (C=O) groups is 2. The average Bonchev–Trinajstić information content (AvgIpc) is 3.25. The molecule has 0 saturated carbocycles. The van der Waals surface area contributed by atoms with Crippen LogP contribution in [-0.2, 0) is 29.2 Å². The normalized spacial score (nSPS) is 18.9. The molecule has 0 spiro atoms. The topological polar surface area (TPSA) is 61.4 Å². The van der Waals surface area contributed by atoms with Gasteiger partial charge in [0.15, 0.2) is 0 Å². The number of nitrogens with zero attached hydrogens (tertiary/aromatic N) is 1. The third-order valence-electron chi connectivity index (χ3n) is 5.01. The lowest BCUT2D eigenvalue weighted by Crippen LogP contribution is -2.36. The molecular weight excluding hydrogens is 350 g/mol. The van der Waals surface area contributed by atoms with E-state index in [1.165, 1.54) is 11.1 Å². The molecule has 1 saturated heterocycles. The van der Waals surface area contributed by atoms with Crippen molar-refractivity contribution in [2.75, 3.05) is 11.4 Å². The van der Waals surface area contributed by atoms with Crippen LogP contribution in [0.1, 0.15) is 23.1 Å². The maximum Gasteiger partial charge on any atom is 0.239 e. The van der Waals surface area contributed by atoms with E-state index in [0.717, 1.165) is 24.3 Å². The molecule has 2 heterocycles. The maximum absolute atomic E-state index is 12.6. The summed E-state index contributed by atoms with van der Waals surface area (Å²) in [4.78, 5) is 26.8. The molecule has 4 rings (SSSR count). The Hall–Kier alpha value is -2.37. The number of nitrogens with one attached hydrogen (secondary N) is 2. The molecule has 5 nitrogen and oxygen atoms in total. The summed E-state index contributed by atoms with van der Waals surface area (Å²) < 4.78 is 0. The van der Waals surface area contributed by atoms with E-state index in [1.807, 2.05) is 12.1 Å². The number of halogens is 1. The quantitative estimate of drug-likeness (QED) is 0.814. The Morgan fingerprint density at radius 2 is 2.04 bits per heavy atom. The van der Waals surface area contributed by atoms with Gasteiger partial charge in [-0.05, 0) is 41.3 Å². The zero-order valence-electron chi connectivity index (χ0n) is 14.3. The number of rotatable bonds is 4. The molecule has 2 aliphatic rings. The van der Waals surface area contributed by atoms with Crippen LogP contribution < -0.4 is 15.5 Å². The molecular formula is C20H20ClN3O2. The second-order valence-electron chi connectivity index (χ2n) is 6.74. The number of carbonyl (C=O) groups excluding carboxylic acids is 2. The maximum atomic E-state index is 12.6. The highest BCUT2D eigenvalue weighted by atomic mass is 35.5. The fourth-order valence-corrected chi connectivity index (χ4v) is 3.78. The first-order valence-electron chi connectivity index (χ1n) is 8.78. The van der Waals surface area contributed by atoms with Gasteiger partial charge in [-0.25, -0.2) is 0 Å². The number of benzene rings is 2. The van der Waals surface area contributed by atoms with Crippen LogP contribution in [0, 0.1) is 5.92 Å². The Bertz CT molecular complexity index is 868. The number of amides is 2. The predicted octanol–water partition coefficient (Wildman–Crippen LogP) is 2.61. The van der Waals surface area contributed by atoms with E-state index in [0.29, 0.717) is 24.5 Å². The van der Waals surface area contributed by atoms with Crippen molar-refractivity contribution in [3.63, 3.8) is 0 Å². The van der Waals surface area contributed by atoms with Crippen LogP contribution in [0.5, 0.6) is 0 Å². The Kier molecular flexibility index (Phi) is 4.66. The zero-order chi connectivity index (χ0) is 18.1. The van der Waals surface area contributed by atoms with Crippen LogP contribution in [-0.4, -0.2) is 18.4 Å². The molecule has 2 amide bonds. The summed E-state index contributed by atoms with van der Waals surface area (Å²) in [6.45, 7) is 2.74. The van der Waals surface area contributed by atoms with Gasteiger partial charge < -0.3 is 15.5 Å². The second kappa shape index (κ2) is 7.09. The molecule has 0 aliphatic carbocycles. The zero-order valence-corrected chi connectivity index (χ0v) is 15.1. The minimum Gasteiger partial charge on any atom is -0.351 e. The second-order valence-corrected chi connectivity index (χ2v) is 7.17. The fraction of sp³-hybridized carbons (Fsp3) is 0.300. The lowest BCUT2D eigenvalue weighted by molar-refractivity contribution is -0.132. The van der Waals surface area contributed by atoms with Gasteiger partial charge in [-0.3, -0.25) is 9.59 Å². The third kappa shape index (κ3) is 3.32. The average molecular weight is 370 g/mol. The lowest BCUT2D eigenvalue weighted by atomic mass is 10.1. The van der Waals surface area contributed by atoms with Gasteiger partial charge in [0, 0.05) is 36.9 Å². The first-order chi connectivity index (χ1) is 12.6. The molecule has 0 radical (unpaired) electrons. The van der Waals surface area contributed by atoms with Gasteiger partial charge in [-0.2, -0.15) is 0 Å². The highest BCUT2D eigenvalue weighted by Gasteiger charge is 2.37. The molecule has 0 bridgehead atoms. The number of hydrogen-bond donors (Lipinski definition) is 2. The summed E-state index contributed by atoms with van der Waals surface area (Å²) in [7, 11) is 0. The molecule has 0 aromatic heterocycles. The Balaban J connectivity index is 1.39. The van der Waals surface area contributed by atoms with Crippen molar-refractivity contribution in [2.45, 2.75) is 26.1 Å². The molecule has 134 valence electrons. The third-order valence-corrected chi connectivity index (χ3v) is 5.25. The summed E-state index contributed by atoms with van der Waals surface area (Å²) in [6.07, 6.45) is 0.519. The summed E-state index contributed by atoms with van der Waals surface area (Å²) in [5.41, 5.74) is 4.38. The predicted molar refractivity (Wildman–Crippen MR) is 101 cm³/mol. The van der Waals surface area contributed by atoms with Gasteiger partial charge >= 0.3 is 0 Å². The van der Waals surface area contributed by atoms with Crippen molar-refractivity contribution in [1.82, 2.24) is 10.6 Å². The molecule has 2 aromatic carbocycles. The van der Waals surface area contributed by atoms with E-state index in [-0.39, 0.29) is 11.8 Å². The van der Waals surface area contributed by atoms with Crippen LogP contribution in [0.2, 0.25) is 5.02 Å². The molecule has 1 unspecified atom stereocenters. The molecule has 2 N–H and O–H groups in total. The van der Waals surface area contributed by atoms with Gasteiger partial charge in [-0.15, -0.1) is 0 Å². The standard InChI is InChI=1S/C20H20ClN3O2/c21-16-2-1-3-17(9-16)24-7-6-18(20(24)26)19(25)23-10-13-4-5-14-11-22-12-15(14)8-13/h1-5,8-9,18,22H,6-7,10-12H2,(H,23,25). The number of hydrogen-bond acceptors (Lipinski definition) is 3. The van der Waals surface area contributed by atoms with E-state index in [9.17, 15) is 9.59 Å². The first kappa shape index (κ1) is 17.1. The van der Waals surface area contributed by atoms with Crippen LogP contribution in [0.25, 0.3) is 0 Å². The number of fused-ring (bicyclic) bond motifs is 1. The minimum atomic E-state index is -0.634. The van der Waals surface area contributed by atoms with E-state index in [4.69, 9.17) is 11.6 Å². The Labute approximate surface area is 157 Å². The molecule has 1 atom stereocenters. The van der Waals surface area contributed by atoms with Crippen LogP contribution in [0.4, 0.5) is 5.69 Å². The number of anilines is 1. The molecule has 2 aromatic rings. The van der Waals surface area contributed by atoms with Gasteiger partial charge in [0.05, 0.1) is 0 Å². The fourth-order valence-electron chi connectivity index (χ4n) is 3.59. The van der Waals surface area contributed by atoms with Gasteiger partial charge in [-0.1, -0.05) is 35.9 Å². The smallest absolute Gasteiger partial charge is 0.239 e. The largest absolute Gasteiger partial charge is 0.351 e. The SMILES string of the molecule is O=C(NCc1ccc2c(c1)CNC2)C1CCN(c2cccc(Cl)c2)C1=O. The van der Waals surface area contributed by atoms with E-state index in [2.05, 4.69) is 22.8 Å². The first-order valence-corrected chi connectivity index (χ1v) is 9.15. The summed E-state index contributed by atoms with van der Waals surface area (Å²) in [5.74, 6) is -1.01. The van der Waals surface area contributed by atoms with E-state index >= 15 is 0 Å². The lowest BCUT2D eigenvalue weighted by Gasteiger charge is -2.17. The molecule has 26 heavy (non-hydrogen) atoms. The highest BCUT2D eigenvalue weighted by Crippen LogP contribution is 2.27. The highest BCUT2D eigenvalue weighted by molar-refractivity contribution is 6.31. The van der Waals surface area contributed by atoms with Gasteiger partial charge in [0.2, 0.25) is 11.8 Å². The molecule has 1 fully saturated rings. The van der Waals surface area contributed by atoms with Crippen LogP contribution in [0.15, 0.2) is 42.5 Å². The van der Waals surface area contributed by atoms with Crippen molar-refractivity contribution in [3.8, 4) is 0 Å². The van der Waals surface area contributed by atoms with Crippen molar-refractivity contribution in [3.05, 3.63) is 64.2 Å². The Morgan fingerprint density at radius 3 is 2.88 bits per heavy atom. The summed E-state index contributed by atoms with van der Waals surface area (Å²) in [6, 6.07) is 13.4. The van der Waals surface area contributed by atoms with Gasteiger partial charge in [0.25, 0.3) is 0 Å². The summed E-state index contributed by atoms with van der Waals surface area (Å²) in [5, 5.41) is 6.80. The van der Waals surface area contributed by atoms with Crippen molar-refractivity contribution < 1.29 is 9.59 Å². The van der Waals surface area contributed by atoms with Crippen molar-refractivity contribution >= 4 is 29.1 Å². The molecule has 2 aliphatic heterocycles. The van der Waals surface area contributed by atoms with Crippen LogP contribution >= 0.6 is 11.6 Å². The summed E-state index contributed by atoms with van der Waals surface area (Å²) >= 11 is 6.01. The van der Waals surface area contributed by atoms with E-state index in [1.54, 1.807) is 23.1 Å². The van der Waals surface area contributed by atoms with Gasteiger partial charge in [0.1, 0.15) is 5.92 Å². The Morgan fingerprint density at radius 1 is 1.19 bits per heavy atom. The van der Waals surface area contributed by atoms with Crippen molar-refractivity contribution in [1.29, 1.82) is 0 Å². The molecule has 6 heteroatoms. The van der Waals surface area contributed by atoms with Crippen LogP contribution in [0.3, 0.4) is 0 Å². The minimum absolute atomic E-state index is 0.164.